The van der Waals surface area contributed by atoms with Crippen molar-refractivity contribution in [3.05, 3.63) is 84.2 Å². The number of rotatable bonds is 8. The molecule has 0 spiro atoms. The zero-order chi connectivity index (χ0) is 22.4. The molecule has 0 radical (unpaired) electrons. The predicted octanol–water partition coefficient (Wildman–Crippen LogP) is 3.94. The minimum Gasteiger partial charge on any atom is -0.497 e. The topological polar surface area (TPSA) is 88.6 Å². The van der Waals surface area contributed by atoms with E-state index in [2.05, 4.69) is 9.71 Å². The summed E-state index contributed by atoms with van der Waals surface area (Å²) >= 11 is 0. The molecule has 8 heteroatoms. The van der Waals surface area contributed by atoms with Crippen molar-refractivity contribution in [1.82, 2.24) is 9.88 Å². The highest BCUT2D eigenvalue weighted by Gasteiger charge is 2.22. The van der Waals surface area contributed by atoms with Gasteiger partial charge in [0.2, 0.25) is 0 Å². The van der Waals surface area contributed by atoms with Crippen LogP contribution in [0.4, 0.5) is 5.69 Å². The summed E-state index contributed by atoms with van der Waals surface area (Å²) in [4.78, 5) is 19.0. The van der Waals surface area contributed by atoms with E-state index in [1.165, 1.54) is 19.2 Å². The third-order valence-electron chi connectivity index (χ3n) is 4.69. The first-order chi connectivity index (χ1) is 14.8. The molecule has 3 aromatic rings. The minimum atomic E-state index is -3.87. The standard InChI is InChI=1S/C23H25N3O4S/c1-17(2)26(16-18-6-5-13-24-15-18)23(27)19-7-4-8-22(14-19)31(28,29)25-20-9-11-21(30-3)12-10-20/h4-15,17,25H,16H2,1-3H3. The monoisotopic (exact) mass is 439 g/mol. The minimum absolute atomic E-state index is 0.0132. The fourth-order valence-electron chi connectivity index (χ4n) is 3.01. The molecule has 0 unspecified atom stereocenters. The van der Waals surface area contributed by atoms with Crippen molar-refractivity contribution in [2.45, 2.75) is 31.3 Å². The summed E-state index contributed by atoms with van der Waals surface area (Å²) in [5.41, 5.74) is 1.60. The van der Waals surface area contributed by atoms with Gasteiger partial charge in [0.05, 0.1) is 12.0 Å². The SMILES string of the molecule is COc1ccc(NS(=O)(=O)c2cccc(C(=O)N(Cc3cccnc3)C(C)C)c2)cc1. The number of anilines is 1. The Balaban J connectivity index is 1.83. The van der Waals surface area contributed by atoms with Gasteiger partial charge >= 0.3 is 0 Å². The van der Waals surface area contributed by atoms with Crippen LogP contribution >= 0.6 is 0 Å². The number of aromatic nitrogens is 1. The number of ether oxygens (including phenoxy) is 1. The molecule has 0 aliphatic heterocycles. The van der Waals surface area contributed by atoms with Crippen molar-refractivity contribution >= 4 is 21.6 Å². The number of nitrogens with zero attached hydrogens (tertiary/aromatic N) is 2. The van der Waals surface area contributed by atoms with Gasteiger partial charge in [0.15, 0.2) is 0 Å². The Bertz CT molecular complexity index is 1130. The molecule has 0 saturated heterocycles. The largest absolute Gasteiger partial charge is 0.497 e. The van der Waals surface area contributed by atoms with Crippen LogP contribution in [0.5, 0.6) is 5.75 Å². The second-order valence-electron chi connectivity index (χ2n) is 7.25. The molecule has 1 amide bonds. The average Bonchev–Trinajstić information content (AvgIpc) is 2.78. The van der Waals surface area contributed by atoms with Gasteiger partial charge in [-0.3, -0.25) is 14.5 Å². The zero-order valence-electron chi connectivity index (χ0n) is 17.6. The number of amides is 1. The number of benzene rings is 2. The summed E-state index contributed by atoms with van der Waals surface area (Å²) in [7, 11) is -2.33. The van der Waals surface area contributed by atoms with Crippen LogP contribution in [0.15, 0.2) is 78.0 Å². The van der Waals surface area contributed by atoms with Gasteiger partial charge in [-0.15, -0.1) is 0 Å². The Morgan fingerprint density at radius 1 is 1.10 bits per heavy atom. The lowest BCUT2D eigenvalue weighted by Crippen LogP contribution is -2.36. The van der Waals surface area contributed by atoms with Crippen molar-refractivity contribution in [1.29, 1.82) is 0 Å². The fraction of sp³-hybridized carbons (Fsp3) is 0.217. The molecule has 0 aliphatic carbocycles. The van der Waals surface area contributed by atoms with Crippen LogP contribution in [0.2, 0.25) is 0 Å². The molecule has 3 rings (SSSR count). The van der Waals surface area contributed by atoms with E-state index in [1.807, 2.05) is 26.0 Å². The number of hydrogen-bond acceptors (Lipinski definition) is 5. The highest BCUT2D eigenvalue weighted by atomic mass is 32.2. The van der Waals surface area contributed by atoms with Crippen LogP contribution in [0.1, 0.15) is 29.8 Å². The molecule has 0 saturated carbocycles. The van der Waals surface area contributed by atoms with Crippen LogP contribution in [0.3, 0.4) is 0 Å². The van der Waals surface area contributed by atoms with Crippen LogP contribution in [-0.4, -0.2) is 37.4 Å². The van der Waals surface area contributed by atoms with Gasteiger partial charge < -0.3 is 9.64 Å². The zero-order valence-corrected chi connectivity index (χ0v) is 18.5. The van der Waals surface area contributed by atoms with Gasteiger partial charge in [-0.05, 0) is 67.9 Å². The number of hydrogen-bond donors (Lipinski definition) is 1. The molecule has 1 heterocycles. The normalized spacial score (nSPS) is 11.2. The van der Waals surface area contributed by atoms with Crippen molar-refractivity contribution in [3.8, 4) is 5.75 Å². The van der Waals surface area contributed by atoms with Crippen molar-refractivity contribution in [2.24, 2.45) is 0 Å². The van der Waals surface area contributed by atoms with E-state index in [-0.39, 0.29) is 16.8 Å². The Morgan fingerprint density at radius 3 is 2.45 bits per heavy atom. The summed E-state index contributed by atoms with van der Waals surface area (Å²) in [5, 5.41) is 0. The van der Waals surface area contributed by atoms with Crippen LogP contribution in [0.25, 0.3) is 0 Å². The van der Waals surface area contributed by atoms with Crippen molar-refractivity contribution < 1.29 is 17.9 Å². The van der Waals surface area contributed by atoms with Gasteiger partial charge in [-0.1, -0.05) is 12.1 Å². The van der Waals surface area contributed by atoms with Crippen molar-refractivity contribution in [2.75, 3.05) is 11.8 Å². The van der Waals surface area contributed by atoms with Crippen molar-refractivity contribution in [3.63, 3.8) is 0 Å². The summed E-state index contributed by atoms with van der Waals surface area (Å²) in [6.45, 7) is 4.21. The van der Waals surface area contributed by atoms with Crippen LogP contribution < -0.4 is 9.46 Å². The molecule has 2 aromatic carbocycles. The molecule has 0 aliphatic rings. The molecule has 0 fully saturated rings. The average molecular weight is 440 g/mol. The summed E-state index contributed by atoms with van der Waals surface area (Å²) in [5.74, 6) is 0.373. The third-order valence-corrected chi connectivity index (χ3v) is 6.07. The van der Waals surface area contributed by atoms with E-state index in [1.54, 1.807) is 53.7 Å². The van der Waals surface area contributed by atoms with Gasteiger partial charge in [0.25, 0.3) is 15.9 Å². The van der Waals surface area contributed by atoms with E-state index in [4.69, 9.17) is 4.74 Å². The molecule has 1 aromatic heterocycles. The summed E-state index contributed by atoms with van der Waals surface area (Å²) in [6.07, 6.45) is 3.39. The number of carbonyl (C=O) groups excluding carboxylic acids is 1. The number of pyridine rings is 1. The van der Waals surface area contributed by atoms with Crippen LogP contribution in [-0.2, 0) is 16.6 Å². The molecular weight excluding hydrogens is 414 g/mol. The number of sulfonamides is 1. The lowest BCUT2D eigenvalue weighted by Gasteiger charge is -2.27. The number of methoxy groups -OCH3 is 1. The molecule has 0 bridgehead atoms. The highest BCUT2D eigenvalue weighted by molar-refractivity contribution is 7.92. The molecule has 31 heavy (non-hydrogen) atoms. The van der Waals surface area contributed by atoms with E-state index in [0.29, 0.717) is 23.5 Å². The van der Waals surface area contributed by atoms with E-state index >= 15 is 0 Å². The van der Waals surface area contributed by atoms with Crippen LogP contribution in [0, 0.1) is 0 Å². The maximum atomic E-state index is 13.2. The van der Waals surface area contributed by atoms with E-state index in [0.717, 1.165) is 5.56 Å². The maximum Gasteiger partial charge on any atom is 0.261 e. The molecule has 0 atom stereocenters. The van der Waals surface area contributed by atoms with Gasteiger partial charge in [0, 0.05) is 36.2 Å². The Hall–Kier alpha value is -3.39. The van der Waals surface area contributed by atoms with E-state index < -0.39 is 10.0 Å². The number of nitrogens with one attached hydrogen (secondary N) is 1. The lowest BCUT2D eigenvalue weighted by atomic mass is 10.1. The lowest BCUT2D eigenvalue weighted by molar-refractivity contribution is 0.0690. The van der Waals surface area contributed by atoms with Gasteiger partial charge in [-0.2, -0.15) is 0 Å². The Labute approximate surface area is 182 Å². The van der Waals surface area contributed by atoms with Gasteiger partial charge in [0.1, 0.15) is 5.75 Å². The first-order valence-corrected chi connectivity index (χ1v) is 11.3. The molecular formula is C23H25N3O4S. The highest BCUT2D eigenvalue weighted by Crippen LogP contribution is 2.21. The molecule has 1 N–H and O–H groups in total. The molecule has 162 valence electrons. The summed E-state index contributed by atoms with van der Waals surface area (Å²) in [6, 6.07) is 16.2. The number of carbonyl (C=O) groups is 1. The van der Waals surface area contributed by atoms with Gasteiger partial charge in [-0.25, -0.2) is 8.42 Å². The maximum absolute atomic E-state index is 13.2. The second kappa shape index (κ2) is 9.61. The Morgan fingerprint density at radius 2 is 1.84 bits per heavy atom. The smallest absolute Gasteiger partial charge is 0.261 e. The fourth-order valence-corrected chi connectivity index (χ4v) is 4.12. The first kappa shape index (κ1) is 22.3. The Kier molecular flexibility index (Phi) is 6.91. The van der Waals surface area contributed by atoms with E-state index in [9.17, 15) is 13.2 Å². The predicted molar refractivity (Wildman–Crippen MR) is 119 cm³/mol. The molecule has 7 nitrogen and oxygen atoms in total. The second-order valence-corrected chi connectivity index (χ2v) is 8.93. The quantitative estimate of drug-likeness (QED) is 0.574. The third kappa shape index (κ3) is 5.61. The first-order valence-electron chi connectivity index (χ1n) is 9.77. The summed E-state index contributed by atoms with van der Waals surface area (Å²) < 4.78 is 33.3.